The lowest BCUT2D eigenvalue weighted by Gasteiger charge is -2.03. The van der Waals surface area contributed by atoms with Crippen LogP contribution in [-0.2, 0) is 5.75 Å². The largest absolute Gasteiger partial charge is 0.207 e. The van der Waals surface area contributed by atoms with Crippen molar-refractivity contribution >= 4 is 23.4 Å². The first kappa shape index (κ1) is 9.87. The third kappa shape index (κ3) is 2.39. The first-order valence-electron chi connectivity index (χ1n) is 3.55. The SMILES string of the molecule is [CH2]CSCc1c(F)cccc1Cl. The van der Waals surface area contributed by atoms with Crippen LogP contribution in [0.4, 0.5) is 4.39 Å². The van der Waals surface area contributed by atoms with Gasteiger partial charge in [0.25, 0.3) is 0 Å². The van der Waals surface area contributed by atoms with Crippen molar-refractivity contribution in [3.8, 4) is 0 Å². The minimum absolute atomic E-state index is 0.233. The Kier molecular flexibility index (Phi) is 3.89. The molecule has 1 radical (unpaired) electrons. The van der Waals surface area contributed by atoms with Crippen molar-refractivity contribution in [1.82, 2.24) is 0 Å². The van der Waals surface area contributed by atoms with Crippen LogP contribution in [0.25, 0.3) is 0 Å². The summed E-state index contributed by atoms with van der Waals surface area (Å²) in [5, 5.41) is 0.496. The average molecular weight is 204 g/mol. The highest BCUT2D eigenvalue weighted by atomic mass is 35.5. The van der Waals surface area contributed by atoms with Gasteiger partial charge < -0.3 is 0 Å². The minimum atomic E-state index is -0.233. The maximum atomic E-state index is 13.1. The molecule has 3 heteroatoms. The number of halogens is 2. The summed E-state index contributed by atoms with van der Waals surface area (Å²) in [7, 11) is 0. The molecule has 0 fully saturated rings. The molecule has 1 aromatic carbocycles. The number of hydrogen-bond donors (Lipinski definition) is 0. The van der Waals surface area contributed by atoms with Crippen LogP contribution < -0.4 is 0 Å². The van der Waals surface area contributed by atoms with E-state index in [9.17, 15) is 4.39 Å². The zero-order chi connectivity index (χ0) is 8.97. The summed E-state index contributed by atoms with van der Waals surface area (Å²) < 4.78 is 13.1. The van der Waals surface area contributed by atoms with E-state index in [4.69, 9.17) is 11.6 Å². The van der Waals surface area contributed by atoms with Crippen LogP contribution in [0.5, 0.6) is 0 Å². The lowest BCUT2D eigenvalue weighted by atomic mass is 10.2. The van der Waals surface area contributed by atoms with Gasteiger partial charge >= 0.3 is 0 Å². The number of thioether (sulfide) groups is 1. The molecule has 0 N–H and O–H groups in total. The van der Waals surface area contributed by atoms with Gasteiger partial charge in [0.2, 0.25) is 0 Å². The van der Waals surface area contributed by atoms with Crippen molar-refractivity contribution in [3.63, 3.8) is 0 Å². The van der Waals surface area contributed by atoms with Crippen molar-refractivity contribution in [2.75, 3.05) is 5.75 Å². The molecule has 0 heterocycles. The van der Waals surface area contributed by atoms with Gasteiger partial charge in [0.1, 0.15) is 5.82 Å². The molecule has 0 aliphatic carbocycles. The predicted octanol–water partition coefficient (Wildman–Crippen LogP) is 3.55. The van der Waals surface area contributed by atoms with Crippen LogP contribution in [0.1, 0.15) is 5.56 Å². The lowest BCUT2D eigenvalue weighted by molar-refractivity contribution is 0.617. The van der Waals surface area contributed by atoms with E-state index in [-0.39, 0.29) is 5.82 Å². The highest BCUT2D eigenvalue weighted by molar-refractivity contribution is 7.98. The van der Waals surface area contributed by atoms with Gasteiger partial charge in [0.15, 0.2) is 0 Å². The molecule has 0 aromatic heterocycles. The third-order valence-corrected chi connectivity index (χ3v) is 2.59. The smallest absolute Gasteiger partial charge is 0.128 e. The fourth-order valence-corrected chi connectivity index (χ4v) is 1.80. The van der Waals surface area contributed by atoms with Crippen molar-refractivity contribution in [1.29, 1.82) is 0 Å². The topological polar surface area (TPSA) is 0 Å². The van der Waals surface area contributed by atoms with Crippen LogP contribution >= 0.6 is 23.4 Å². The lowest BCUT2D eigenvalue weighted by Crippen LogP contribution is -1.88. The first-order valence-corrected chi connectivity index (χ1v) is 5.09. The van der Waals surface area contributed by atoms with Crippen molar-refractivity contribution < 1.29 is 4.39 Å². The Bertz CT molecular complexity index is 242. The molecular weight excluding hydrogens is 195 g/mol. The molecule has 0 aliphatic rings. The molecule has 0 unspecified atom stereocenters. The Morgan fingerprint density at radius 3 is 2.83 bits per heavy atom. The van der Waals surface area contributed by atoms with Gasteiger partial charge in [-0.05, 0) is 24.8 Å². The van der Waals surface area contributed by atoms with E-state index >= 15 is 0 Å². The monoisotopic (exact) mass is 203 g/mol. The van der Waals surface area contributed by atoms with Crippen LogP contribution in [0, 0.1) is 12.7 Å². The molecule has 0 bridgehead atoms. The van der Waals surface area contributed by atoms with Gasteiger partial charge in [-0.2, -0.15) is 11.8 Å². The molecule has 0 nitrogen and oxygen atoms in total. The highest BCUT2D eigenvalue weighted by Crippen LogP contribution is 2.23. The van der Waals surface area contributed by atoms with Crippen molar-refractivity contribution in [3.05, 3.63) is 41.5 Å². The fraction of sp³-hybridized carbons (Fsp3) is 0.222. The second kappa shape index (κ2) is 4.73. The number of benzene rings is 1. The normalized spacial score (nSPS) is 10.2. The van der Waals surface area contributed by atoms with Crippen LogP contribution in [0.3, 0.4) is 0 Å². The Morgan fingerprint density at radius 1 is 1.50 bits per heavy atom. The highest BCUT2D eigenvalue weighted by Gasteiger charge is 2.05. The second-order valence-electron chi connectivity index (χ2n) is 2.25. The molecular formula is C9H9ClFS. The summed E-state index contributed by atoms with van der Waals surface area (Å²) in [6, 6.07) is 4.73. The summed E-state index contributed by atoms with van der Waals surface area (Å²) in [6.07, 6.45) is 0. The van der Waals surface area contributed by atoms with Gasteiger partial charge in [0, 0.05) is 16.3 Å². The maximum Gasteiger partial charge on any atom is 0.128 e. The molecule has 65 valence electrons. The summed E-state index contributed by atoms with van der Waals surface area (Å²) in [6.45, 7) is 3.66. The van der Waals surface area contributed by atoms with Crippen molar-refractivity contribution in [2.45, 2.75) is 5.75 Å². The standard InChI is InChI=1S/C9H9ClFS/c1-2-12-6-7-8(10)4-3-5-9(7)11/h3-5H,1-2,6H2. The third-order valence-electron chi connectivity index (χ3n) is 1.45. The summed E-state index contributed by atoms with van der Waals surface area (Å²) >= 11 is 7.35. The molecule has 0 saturated heterocycles. The summed E-state index contributed by atoms with van der Waals surface area (Å²) in [5.74, 6) is 1.09. The average Bonchev–Trinajstić information content (AvgIpc) is 2.04. The molecule has 12 heavy (non-hydrogen) atoms. The summed E-state index contributed by atoms with van der Waals surface area (Å²) in [5.41, 5.74) is 0.577. The quantitative estimate of drug-likeness (QED) is 0.724. The minimum Gasteiger partial charge on any atom is -0.207 e. The Hall–Kier alpha value is -0.210. The van der Waals surface area contributed by atoms with Crippen molar-refractivity contribution in [2.24, 2.45) is 0 Å². The van der Waals surface area contributed by atoms with Gasteiger partial charge in [-0.1, -0.05) is 17.7 Å². The van der Waals surface area contributed by atoms with Crippen LogP contribution in [-0.4, -0.2) is 5.75 Å². The molecule has 0 aliphatic heterocycles. The van der Waals surface area contributed by atoms with E-state index < -0.39 is 0 Å². The molecule has 0 atom stereocenters. The molecule has 0 spiro atoms. The summed E-state index contributed by atoms with van der Waals surface area (Å²) in [4.78, 5) is 0. The molecule has 0 amide bonds. The zero-order valence-electron chi connectivity index (χ0n) is 6.52. The molecule has 0 saturated carbocycles. The second-order valence-corrected chi connectivity index (χ2v) is 3.77. The van der Waals surface area contributed by atoms with Gasteiger partial charge in [-0.15, -0.1) is 0 Å². The Morgan fingerprint density at radius 2 is 2.25 bits per heavy atom. The van der Waals surface area contributed by atoms with Gasteiger partial charge in [-0.25, -0.2) is 4.39 Å². The van der Waals surface area contributed by atoms with E-state index in [0.29, 0.717) is 16.3 Å². The zero-order valence-corrected chi connectivity index (χ0v) is 8.09. The first-order chi connectivity index (χ1) is 5.75. The fourth-order valence-electron chi connectivity index (χ4n) is 0.844. The van der Waals surface area contributed by atoms with Gasteiger partial charge in [0.05, 0.1) is 0 Å². The maximum absolute atomic E-state index is 13.1. The number of hydrogen-bond acceptors (Lipinski definition) is 1. The van der Waals surface area contributed by atoms with Crippen LogP contribution in [0.2, 0.25) is 5.02 Å². The van der Waals surface area contributed by atoms with E-state index in [1.165, 1.54) is 6.07 Å². The van der Waals surface area contributed by atoms with E-state index in [2.05, 4.69) is 6.92 Å². The van der Waals surface area contributed by atoms with E-state index in [1.54, 1.807) is 23.9 Å². The van der Waals surface area contributed by atoms with Gasteiger partial charge in [-0.3, -0.25) is 0 Å². The van der Waals surface area contributed by atoms with E-state index in [1.807, 2.05) is 0 Å². The number of rotatable bonds is 3. The predicted molar refractivity (Wildman–Crippen MR) is 52.9 cm³/mol. The Balaban J connectivity index is 2.81. The molecule has 1 aromatic rings. The Labute approximate surface area is 81.1 Å². The molecule has 1 rings (SSSR count). The van der Waals surface area contributed by atoms with E-state index in [0.717, 1.165) is 5.75 Å². The van der Waals surface area contributed by atoms with Crippen LogP contribution in [0.15, 0.2) is 18.2 Å².